The summed E-state index contributed by atoms with van der Waals surface area (Å²) < 4.78 is 47.4. The Morgan fingerprint density at radius 3 is 2.18 bits per heavy atom. The van der Waals surface area contributed by atoms with Crippen LogP contribution in [0.5, 0.6) is 5.75 Å². The molecule has 0 saturated carbocycles. The van der Waals surface area contributed by atoms with Crippen molar-refractivity contribution >= 4 is 17.8 Å². The van der Waals surface area contributed by atoms with Gasteiger partial charge in [0.2, 0.25) is 5.54 Å². The molecule has 4 amide bonds. The van der Waals surface area contributed by atoms with Crippen LogP contribution in [-0.4, -0.2) is 78.7 Å². The number of hydrogen-bond acceptors (Lipinski definition) is 5. The SMILES string of the molecule is COc1ccc(C(=O)N2CCN(CN3C(=O)N[C@](c4ccccc4)(C(F)(F)F)C3=O)CC2)cc1. The fraction of sp³-hybridized carbons (Fsp3) is 0.348. The Kier molecular flexibility index (Phi) is 6.22. The summed E-state index contributed by atoms with van der Waals surface area (Å²) in [6.07, 6.45) is -5.03. The first-order valence-corrected chi connectivity index (χ1v) is 10.6. The quantitative estimate of drug-likeness (QED) is 0.671. The van der Waals surface area contributed by atoms with E-state index < -0.39 is 23.7 Å². The van der Waals surface area contributed by atoms with Crippen molar-refractivity contribution in [2.75, 3.05) is 40.0 Å². The van der Waals surface area contributed by atoms with Crippen molar-refractivity contribution in [1.29, 1.82) is 0 Å². The molecule has 0 radical (unpaired) electrons. The van der Waals surface area contributed by atoms with Crippen LogP contribution in [0.2, 0.25) is 0 Å². The zero-order chi connectivity index (χ0) is 24.5. The number of methoxy groups -OCH3 is 1. The molecule has 1 N–H and O–H groups in total. The Morgan fingerprint density at radius 1 is 1.00 bits per heavy atom. The minimum absolute atomic E-state index is 0.183. The van der Waals surface area contributed by atoms with Crippen molar-refractivity contribution < 1.29 is 32.3 Å². The molecular formula is C23H23F3N4O4. The number of imide groups is 1. The number of halogens is 3. The lowest BCUT2D eigenvalue weighted by atomic mass is 9.89. The van der Waals surface area contributed by atoms with Gasteiger partial charge in [0.15, 0.2) is 0 Å². The molecule has 2 heterocycles. The molecule has 180 valence electrons. The molecule has 8 nitrogen and oxygen atoms in total. The maximum Gasteiger partial charge on any atom is 0.425 e. The molecule has 2 aromatic carbocycles. The van der Waals surface area contributed by atoms with Crippen LogP contribution >= 0.6 is 0 Å². The first-order chi connectivity index (χ1) is 16.2. The average molecular weight is 476 g/mol. The third kappa shape index (κ3) is 4.07. The molecule has 34 heavy (non-hydrogen) atoms. The summed E-state index contributed by atoms with van der Waals surface area (Å²) >= 11 is 0. The highest BCUT2D eigenvalue weighted by Crippen LogP contribution is 2.43. The van der Waals surface area contributed by atoms with Gasteiger partial charge in [-0.15, -0.1) is 0 Å². The van der Waals surface area contributed by atoms with Crippen LogP contribution < -0.4 is 10.1 Å². The van der Waals surface area contributed by atoms with Gasteiger partial charge in [0.05, 0.1) is 13.8 Å². The number of hydrogen-bond donors (Lipinski definition) is 1. The first kappa shape index (κ1) is 23.6. The molecule has 2 aromatic rings. The second-order valence-electron chi connectivity index (χ2n) is 8.06. The van der Waals surface area contributed by atoms with Crippen molar-refractivity contribution in [3.05, 3.63) is 65.7 Å². The van der Waals surface area contributed by atoms with Crippen LogP contribution in [0.3, 0.4) is 0 Å². The number of nitrogens with one attached hydrogen (secondary N) is 1. The van der Waals surface area contributed by atoms with E-state index in [1.165, 1.54) is 37.4 Å². The molecule has 0 aliphatic carbocycles. The number of nitrogens with zero attached hydrogens (tertiary/aromatic N) is 3. The lowest BCUT2D eigenvalue weighted by molar-refractivity contribution is -0.198. The van der Waals surface area contributed by atoms with E-state index in [0.717, 1.165) is 0 Å². The lowest BCUT2D eigenvalue weighted by Gasteiger charge is -2.36. The highest BCUT2D eigenvalue weighted by Gasteiger charge is 2.68. The predicted molar refractivity (Wildman–Crippen MR) is 115 cm³/mol. The third-order valence-electron chi connectivity index (χ3n) is 6.08. The van der Waals surface area contributed by atoms with Crippen LogP contribution in [0.4, 0.5) is 18.0 Å². The predicted octanol–water partition coefficient (Wildman–Crippen LogP) is 2.42. The van der Waals surface area contributed by atoms with E-state index in [-0.39, 0.29) is 18.1 Å². The summed E-state index contributed by atoms with van der Waals surface area (Å²) in [7, 11) is 1.53. The minimum Gasteiger partial charge on any atom is -0.497 e. The zero-order valence-corrected chi connectivity index (χ0v) is 18.3. The van der Waals surface area contributed by atoms with E-state index in [2.05, 4.69) is 0 Å². The van der Waals surface area contributed by atoms with E-state index in [4.69, 9.17) is 4.74 Å². The number of rotatable bonds is 5. The summed E-state index contributed by atoms with van der Waals surface area (Å²) in [5.74, 6) is -0.925. The van der Waals surface area contributed by atoms with Crippen molar-refractivity contribution in [3.63, 3.8) is 0 Å². The Labute approximate surface area is 193 Å². The first-order valence-electron chi connectivity index (χ1n) is 10.6. The largest absolute Gasteiger partial charge is 0.497 e. The molecule has 2 saturated heterocycles. The van der Waals surface area contributed by atoms with Gasteiger partial charge in [-0.1, -0.05) is 30.3 Å². The molecule has 1 atom stereocenters. The summed E-state index contributed by atoms with van der Waals surface area (Å²) in [6, 6.07) is 12.2. The van der Waals surface area contributed by atoms with Gasteiger partial charge < -0.3 is 15.0 Å². The van der Waals surface area contributed by atoms with Crippen molar-refractivity contribution in [1.82, 2.24) is 20.0 Å². The van der Waals surface area contributed by atoms with Crippen LogP contribution in [-0.2, 0) is 10.3 Å². The molecule has 2 fully saturated rings. The number of piperazine rings is 1. The second-order valence-corrected chi connectivity index (χ2v) is 8.06. The van der Waals surface area contributed by atoms with Crippen LogP contribution in [0.1, 0.15) is 15.9 Å². The van der Waals surface area contributed by atoms with E-state index in [9.17, 15) is 27.6 Å². The number of carbonyl (C=O) groups excluding carboxylic acids is 3. The van der Waals surface area contributed by atoms with Crippen LogP contribution in [0.25, 0.3) is 0 Å². The molecule has 0 aromatic heterocycles. The molecule has 4 rings (SSSR count). The van der Waals surface area contributed by atoms with Gasteiger partial charge >= 0.3 is 12.2 Å². The van der Waals surface area contributed by atoms with Gasteiger partial charge in [0.1, 0.15) is 5.75 Å². The molecule has 0 spiro atoms. The standard InChI is InChI=1S/C23H23F3N4O4/c1-34-18-9-7-16(8-10-18)19(31)29-13-11-28(12-14-29)15-30-20(32)22(23(24,25)26,27-21(30)33)17-5-3-2-4-6-17/h2-10H,11-15H2,1H3,(H,27,33)/t22-/m0/s1. The maximum atomic E-state index is 14.1. The van der Waals surface area contributed by atoms with Gasteiger partial charge in [-0.2, -0.15) is 13.2 Å². The van der Waals surface area contributed by atoms with Crippen molar-refractivity contribution in [3.8, 4) is 5.75 Å². The molecule has 2 aliphatic rings. The van der Waals surface area contributed by atoms with Crippen LogP contribution in [0.15, 0.2) is 54.6 Å². The Bertz CT molecular complexity index is 1070. The van der Waals surface area contributed by atoms with Gasteiger partial charge in [-0.25, -0.2) is 9.69 Å². The van der Waals surface area contributed by atoms with Gasteiger partial charge in [0.25, 0.3) is 11.8 Å². The zero-order valence-electron chi connectivity index (χ0n) is 18.3. The summed E-state index contributed by atoms with van der Waals surface area (Å²) in [6.45, 7) is 0.891. The second kappa shape index (κ2) is 8.98. The molecule has 0 unspecified atom stereocenters. The topological polar surface area (TPSA) is 82.2 Å². The highest BCUT2D eigenvalue weighted by atomic mass is 19.4. The summed E-state index contributed by atoms with van der Waals surface area (Å²) in [5.41, 5.74) is -2.99. The number of carbonyl (C=O) groups is 3. The normalized spacial score (nSPS) is 21.5. The number of urea groups is 1. The number of alkyl halides is 3. The fourth-order valence-corrected chi connectivity index (χ4v) is 4.15. The van der Waals surface area contributed by atoms with E-state index in [1.807, 2.05) is 5.32 Å². The molecule has 2 aliphatic heterocycles. The van der Waals surface area contributed by atoms with E-state index in [0.29, 0.717) is 42.4 Å². The van der Waals surface area contributed by atoms with Crippen LogP contribution in [0, 0.1) is 0 Å². The van der Waals surface area contributed by atoms with Gasteiger partial charge in [-0.05, 0) is 29.8 Å². The summed E-state index contributed by atoms with van der Waals surface area (Å²) in [4.78, 5) is 42.1. The van der Waals surface area contributed by atoms with Gasteiger partial charge in [-0.3, -0.25) is 14.5 Å². The lowest BCUT2D eigenvalue weighted by Crippen LogP contribution is -2.56. The third-order valence-corrected chi connectivity index (χ3v) is 6.08. The highest BCUT2D eigenvalue weighted by molar-refractivity contribution is 6.08. The maximum absolute atomic E-state index is 14.1. The van der Waals surface area contributed by atoms with Crippen molar-refractivity contribution in [2.45, 2.75) is 11.7 Å². The minimum atomic E-state index is -5.03. The Hall–Kier alpha value is -3.60. The monoisotopic (exact) mass is 476 g/mol. The molecule has 11 heteroatoms. The number of ether oxygens (including phenoxy) is 1. The van der Waals surface area contributed by atoms with Crippen molar-refractivity contribution in [2.24, 2.45) is 0 Å². The number of benzene rings is 2. The molecule has 0 bridgehead atoms. The van der Waals surface area contributed by atoms with E-state index in [1.54, 1.807) is 34.1 Å². The van der Waals surface area contributed by atoms with E-state index >= 15 is 0 Å². The Balaban J connectivity index is 1.43. The molecular weight excluding hydrogens is 453 g/mol. The van der Waals surface area contributed by atoms with Gasteiger partial charge in [0, 0.05) is 31.7 Å². The average Bonchev–Trinajstić information content (AvgIpc) is 3.10. The fourth-order valence-electron chi connectivity index (χ4n) is 4.15. The smallest absolute Gasteiger partial charge is 0.425 e. The Morgan fingerprint density at radius 2 is 1.62 bits per heavy atom. The number of amides is 4. The summed E-state index contributed by atoms with van der Waals surface area (Å²) in [5, 5.41) is 1.88.